The second-order valence-electron chi connectivity index (χ2n) is 3.51. The minimum absolute atomic E-state index is 0.775. The quantitative estimate of drug-likeness (QED) is 0.614. The summed E-state index contributed by atoms with van der Waals surface area (Å²) >= 11 is 0. The van der Waals surface area contributed by atoms with Crippen molar-refractivity contribution < 1.29 is 4.74 Å². The van der Waals surface area contributed by atoms with Crippen molar-refractivity contribution >= 4 is 6.21 Å². The van der Waals surface area contributed by atoms with Crippen LogP contribution in [0.15, 0.2) is 40.2 Å². The van der Waals surface area contributed by atoms with E-state index in [0.29, 0.717) is 0 Å². The molecule has 0 saturated carbocycles. The molecule has 1 aliphatic heterocycles. The fourth-order valence-electron chi connectivity index (χ4n) is 1.49. The molecule has 2 nitrogen and oxygen atoms in total. The Morgan fingerprint density at radius 3 is 2.71 bits per heavy atom. The first-order valence-electron chi connectivity index (χ1n) is 4.82. The summed E-state index contributed by atoms with van der Waals surface area (Å²) < 4.78 is 5.55. The average molecular weight is 191 g/mol. The average Bonchev–Trinajstić information content (AvgIpc) is 2.62. The van der Waals surface area contributed by atoms with Gasteiger partial charge in [-0.25, -0.2) is 0 Å². The van der Waals surface area contributed by atoms with E-state index in [1.54, 1.807) is 12.3 Å². The third kappa shape index (κ3) is 2.34. The zero-order valence-electron chi connectivity index (χ0n) is 9.13. The van der Waals surface area contributed by atoms with Crippen LogP contribution in [0, 0.1) is 0 Å². The molecule has 1 rings (SSSR count). The molecule has 0 aliphatic carbocycles. The van der Waals surface area contributed by atoms with Crippen molar-refractivity contribution in [3.8, 4) is 0 Å². The van der Waals surface area contributed by atoms with Gasteiger partial charge in [-0.2, -0.15) is 0 Å². The van der Waals surface area contributed by atoms with Crippen molar-refractivity contribution in [2.45, 2.75) is 27.2 Å². The van der Waals surface area contributed by atoms with Gasteiger partial charge in [0, 0.05) is 23.9 Å². The lowest BCUT2D eigenvalue weighted by Crippen LogP contribution is -1.88. The molecule has 0 spiro atoms. The normalized spacial score (nSPS) is 19.8. The molecule has 2 heteroatoms. The summed E-state index contributed by atoms with van der Waals surface area (Å²) in [4.78, 5) is 4.28. The molecule has 0 aromatic rings. The monoisotopic (exact) mass is 191 g/mol. The predicted molar refractivity (Wildman–Crippen MR) is 60.3 cm³/mol. The molecule has 14 heavy (non-hydrogen) atoms. The van der Waals surface area contributed by atoms with Crippen molar-refractivity contribution in [1.82, 2.24) is 0 Å². The van der Waals surface area contributed by atoms with Crippen molar-refractivity contribution in [1.29, 1.82) is 0 Å². The number of rotatable bonds is 2. The molecule has 0 bridgehead atoms. The first kappa shape index (κ1) is 10.8. The Kier molecular flexibility index (Phi) is 3.69. The Bertz CT molecular complexity index is 317. The zero-order valence-corrected chi connectivity index (χ0v) is 9.13. The van der Waals surface area contributed by atoms with Crippen LogP contribution in [0.4, 0.5) is 0 Å². The van der Waals surface area contributed by atoms with Crippen molar-refractivity contribution in [2.24, 2.45) is 4.99 Å². The van der Waals surface area contributed by atoms with Crippen LogP contribution in [0.5, 0.6) is 0 Å². The van der Waals surface area contributed by atoms with E-state index in [1.807, 2.05) is 6.92 Å². The number of aliphatic imine (C=N–C) groups is 1. The molecule has 0 aromatic carbocycles. The van der Waals surface area contributed by atoms with Gasteiger partial charge < -0.3 is 4.74 Å². The van der Waals surface area contributed by atoms with E-state index in [2.05, 4.69) is 25.4 Å². The third-order valence-corrected chi connectivity index (χ3v) is 2.14. The molecule has 1 fully saturated rings. The number of allylic oxidation sites excluding steroid dienone is 4. The Morgan fingerprint density at radius 1 is 1.43 bits per heavy atom. The maximum Gasteiger partial charge on any atom is 0.123 e. The topological polar surface area (TPSA) is 21.6 Å². The van der Waals surface area contributed by atoms with Crippen molar-refractivity contribution in [3.63, 3.8) is 0 Å². The van der Waals surface area contributed by atoms with Gasteiger partial charge in [-0.15, -0.1) is 0 Å². The van der Waals surface area contributed by atoms with Gasteiger partial charge in [-0.1, -0.05) is 12.7 Å². The SMILES string of the molecule is C=CC=N/C(C)=C1/CCOC1=C(C)C. The lowest BCUT2D eigenvalue weighted by Gasteiger charge is -2.04. The minimum Gasteiger partial charge on any atom is -0.493 e. The van der Waals surface area contributed by atoms with Crippen LogP contribution in [0.1, 0.15) is 27.2 Å². The molecule has 0 aromatic heterocycles. The molecule has 1 aliphatic rings. The molecule has 0 unspecified atom stereocenters. The van der Waals surface area contributed by atoms with E-state index >= 15 is 0 Å². The summed E-state index contributed by atoms with van der Waals surface area (Å²) in [5, 5.41) is 0. The van der Waals surface area contributed by atoms with E-state index in [1.165, 1.54) is 11.1 Å². The van der Waals surface area contributed by atoms with E-state index in [-0.39, 0.29) is 0 Å². The zero-order chi connectivity index (χ0) is 10.6. The summed E-state index contributed by atoms with van der Waals surface area (Å²) in [6.07, 6.45) is 4.35. The largest absolute Gasteiger partial charge is 0.493 e. The number of nitrogens with zero attached hydrogens (tertiary/aromatic N) is 1. The highest BCUT2D eigenvalue weighted by molar-refractivity contribution is 5.71. The highest BCUT2D eigenvalue weighted by Crippen LogP contribution is 2.29. The Hall–Kier alpha value is -1.31. The van der Waals surface area contributed by atoms with Crippen molar-refractivity contribution in [2.75, 3.05) is 6.61 Å². The molecule has 0 amide bonds. The highest BCUT2D eigenvalue weighted by atomic mass is 16.5. The first-order chi connectivity index (χ1) is 6.66. The van der Waals surface area contributed by atoms with Gasteiger partial charge in [0.15, 0.2) is 0 Å². The summed E-state index contributed by atoms with van der Waals surface area (Å²) in [6.45, 7) is 10.5. The van der Waals surface area contributed by atoms with E-state index in [0.717, 1.165) is 24.5 Å². The van der Waals surface area contributed by atoms with Crippen molar-refractivity contribution in [3.05, 3.63) is 35.3 Å². The van der Waals surface area contributed by atoms with Crippen LogP contribution in [-0.2, 0) is 4.74 Å². The van der Waals surface area contributed by atoms with E-state index < -0.39 is 0 Å². The molecule has 76 valence electrons. The van der Waals surface area contributed by atoms with Gasteiger partial charge in [0.25, 0.3) is 0 Å². The summed E-state index contributed by atoms with van der Waals surface area (Å²) in [5.74, 6) is 1.02. The third-order valence-electron chi connectivity index (χ3n) is 2.14. The highest BCUT2D eigenvalue weighted by Gasteiger charge is 2.18. The fourth-order valence-corrected chi connectivity index (χ4v) is 1.49. The van der Waals surface area contributed by atoms with Gasteiger partial charge in [-0.05, 0) is 26.3 Å². The van der Waals surface area contributed by atoms with Crippen LogP contribution in [0.3, 0.4) is 0 Å². The lowest BCUT2D eigenvalue weighted by molar-refractivity contribution is 0.262. The van der Waals surface area contributed by atoms with E-state index in [9.17, 15) is 0 Å². The minimum atomic E-state index is 0.775. The second kappa shape index (κ2) is 4.80. The fraction of sp³-hybridized carbons (Fsp3) is 0.417. The summed E-state index contributed by atoms with van der Waals surface area (Å²) in [6, 6.07) is 0. The summed E-state index contributed by atoms with van der Waals surface area (Å²) in [7, 11) is 0. The molecule has 1 saturated heterocycles. The van der Waals surface area contributed by atoms with Crippen LogP contribution in [-0.4, -0.2) is 12.8 Å². The first-order valence-corrected chi connectivity index (χ1v) is 4.82. The predicted octanol–water partition coefficient (Wildman–Crippen LogP) is 3.23. The number of hydrogen-bond acceptors (Lipinski definition) is 2. The molecule has 0 atom stereocenters. The standard InChI is InChI=1S/C12H17NO/c1-5-7-13-10(4)11-6-8-14-12(11)9(2)3/h5,7H,1,6,8H2,2-4H3/b11-10-,13-7?. The number of ether oxygens (including phenoxy) is 1. The Labute approximate surface area is 85.7 Å². The van der Waals surface area contributed by atoms with Gasteiger partial charge in [0.2, 0.25) is 0 Å². The molecule has 0 radical (unpaired) electrons. The van der Waals surface area contributed by atoms with Crippen LogP contribution < -0.4 is 0 Å². The maximum absolute atomic E-state index is 5.55. The van der Waals surface area contributed by atoms with Crippen LogP contribution in [0.2, 0.25) is 0 Å². The smallest absolute Gasteiger partial charge is 0.123 e. The Morgan fingerprint density at radius 2 is 2.14 bits per heavy atom. The van der Waals surface area contributed by atoms with Gasteiger partial charge >= 0.3 is 0 Å². The number of hydrogen-bond donors (Lipinski definition) is 0. The molecular formula is C12H17NO. The molecule has 1 heterocycles. The maximum atomic E-state index is 5.55. The second-order valence-corrected chi connectivity index (χ2v) is 3.51. The lowest BCUT2D eigenvalue weighted by atomic mass is 10.1. The van der Waals surface area contributed by atoms with E-state index in [4.69, 9.17) is 4.74 Å². The molecule has 0 N–H and O–H groups in total. The summed E-state index contributed by atoms with van der Waals surface area (Å²) in [5.41, 5.74) is 3.47. The van der Waals surface area contributed by atoms with Gasteiger partial charge in [0.1, 0.15) is 5.76 Å². The molecular weight excluding hydrogens is 174 g/mol. The Balaban J connectivity index is 3.01. The van der Waals surface area contributed by atoms with Gasteiger partial charge in [0.05, 0.1) is 6.61 Å². The van der Waals surface area contributed by atoms with Crippen LogP contribution in [0.25, 0.3) is 0 Å². The van der Waals surface area contributed by atoms with Gasteiger partial charge in [-0.3, -0.25) is 4.99 Å². The van der Waals surface area contributed by atoms with Crippen LogP contribution >= 0.6 is 0 Å².